The van der Waals surface area contributed by atoms with Gasteiger partial charge in [0.25, 0.3) is 5.91 Å². The van der Waals surface area contributed by atoms with Crippen molar-refractivity contribution in [2.75, 3.05) is 11.1 Å². The Morgan fingerprint density at radius 2 is 2.07 bits per heavy atom. The number of nitrogens with one attached hydrogen (secondary N) is 1. The van der Waals surface area contributed by atoms with Crippen molar-refractivity contribution in [2.24, 2.45) is 12.5 Å². The normalized spacial score (nSPS) is 15.9. The molecule has 1 amide bonds. The Balaban J connectivity index is 1.91. The summed E-state index contributed by atoms with van der Waals surface area (Å²) in [4.78, 5) is 15.2. The van der Waals surface area contributed by atoms with Gasteiger partial charge in [0.05, 0.1) is 11.2 Å². The summed E-state index contributed by atoms with van der Waals surface area (Å²) in [5.41, 5.74) is -2.97. The molecule has 2 aromatic heterocycles. The third-order valence-electron chi connectivity index (χ3n) is 5.15. The molecular formula is C18H16F4N4O3S. The van der Waals surface area contributed by atoms with Gasteiger partial charge in [0, 0.05) is 25.1 Å². The van der Waals surface area contributed by atoms with Crippen molar-refractivity contribution in [1.29, 1.82) is 5.26 Å². The lowest BCUT2D eigenvalue weighted by Gasteiger charge is -2.42. The molecule has 30 heavy (non-hydrogen) atoms. The number of hydrogen-bond acceptors (Lipinski definition) is 5. The number of pyridine rings is 1. The molecule has 0 saturated heterocycles. The number of alkyl halides is 3. The van der Waals surface area contributed by atoms with Gasteiger partial charge in [-0.25, -0.2) is 17.8 Å². The SMILES string of the molecule is Cn1cc(S(=O)(=O)CC2(C(F)(F)F)CCC2)c(F)c1C(=O)Nc1ccnc(C#N)c1. The topological polar surface area (TPSA) is 105 Å². The van der Waals surface area contributed by atoms with Crippen LogP contribution >= 0.6 is 0 Å². The molecule has 1 N–H and O–H groups in total. The van der Waals surface area contributed by atoms with Gasteiger partial charge in [-0.15, -0.1) is 0 Å². The van der Waals surface area contributed by atoms with Crippen molar-refractivity contribution < 1.29 is 30.8 Å². The van der Waals surface area contributed by atoms with Gasteiger partial charge in [0.2, 0.25) is 0 Å². The summed E-state index contributed by atoms with van der Waals surface area (Å²) in [5.74, 6) is -3.73. The first-order chi connectivity index (χ1) is 13.9. The lowest BCUT2D eigenvalue weighted by molar-refractivity contribution is -0.241. The largest absolute Gasteiger partial charge is 0.395 e. The second-order valence-corrected chi connectivity index (χ2v) is 9.11. The Morgan fingerprint density at radius 1 is 1.40 bits per heavy atom. The van der Waals surface area contributed by atoms with Crippen LogP contribution in [0.5, 0.6) is 0 Å². The average molecular weight is 444 g/mol. The fraction of sp³-hybridized carbons (Fsp3) is 0.389. The van der Waals surface area contributed by atoms with E-state index in [4.69, 9.17) is 5.26 Å². The molecule has 0 atom stereocenters. The van der Waals surface area contributed by atoms with Crippen LogP contribution in [0.2, 0.25) is 0 Å². The number of anilines is 1. The third-order valence-corrected chi connectivity index (χ3v) is 7.04. The van der Waals surface area contributed by atoms with Crippen LogP contribution in [0.4, 0.5) is 23.2 Å². The van der Waals surface area contributed by atoms with Crippen molar-refractivity contribution in [3.8, 4) is 6.07 Å². The molecule has 1 saturated carbocycles. The minimum absolute atomic E-state index is 0.0126. The summed E-state index contributed by atoms with van der Waals surface area (Å²) < 4.78 is 81.1. The maximum Gasteiger partial charge on any atom is 0.395 e. The van der Waals surface area contributed by atoms with E-state index in [-0.39, 0.29) is 30.6 Å². The van der Waals surface area contributed by atoms with E-state index in [1.165, 1.54) is 25.4 Å². The van der Waals surface area contributed by atoms with E-state index in [1.54, 1.807) is 6.07 Å². The van der Waals surface area contributed by atoms with Gasteiger partial charge in [-0.1, -0.05) is 6.42 Å². The van der Waals surface area contributed by atoms with Gasteiger partial charge >= 0.3 is 6.18 Å². The Morgan fingerprint density at radius 3 is 2.60 bits per heavy atom. The molecule has 160 valence electrons. The lowest BCUT2D eigenvalue weighted by atomic mass is 9.70. The number of nitriles is 1. The summed E-state index contributed by atoms with van der Waals surface area (Å²) in [6, 6.07) is 4.32. The van der Waals surface area contributed by atoms with E-state index in [0.717, 1.165) is 10.8 Å². The second-order valence-electron chi connectivity index (χ2n) is 7.15. The highest BCUT2D eigenvalue weighted by Crippen LogP contribution is 2.54. The summed E-state index contributed by atoms with van der Waals surface area (Å²) in [7, 11) is -3.46. The molecule has 3 rings (SSSR count). The predicted molar refractivity (Wildman–Crippen MR) is 96.7 cm³/mol. The lowest BCUT2D eigenvalue weighted by Crippen LogP contribution is -2.48. The van der Waals surface area contributed by atoms with Gasteiger partial charge in [-0.05, 0) is 25.0 Å². The predicted octanol–water partition coefficient (Wildman–Crippen LogP) is 3.19. The number of aryl methyl sites for hydroxylation is 1. The number of carbonyl (C=O) groups is 1. The monoisotopic (exact) mass is 444 g/mol. The molecular weight excluding hydrogens is 428 g/mol. The van der Waals surface area contributed by atoms with Crippen LogP contribution in [0.1, 0.15) is 35.4 Å². The van der Waals surface area contributed by atoms with Crippen molar-refractivity contribution in [1.82, 2.24) is 9.55 Å². The quantitative estimate of drug-likeness (QED) is 0.714. The molecule has 0 aromatic carbocycles. The zero-order valence-electron chi connectivity index (χ0n) is 15.6. The molecule has 0 unspecified atom stereocenters. The molecule has 2 heterocycles. The van der Waals surface area contributed by atoms with E-state index in [9.17, 15) is 30.8 Å². The Bertz CT molecular complexity index is 1150. The van der Waals surface area contributed by atoms with Crippen LogP contribution in [0.15, 0.2) is 29.4 Å². The van der Waals surface area contributed by atoms with Crippen LogP contribution in [0, 0.1) is 22.6 Å². The minimum Gasteiger partial charge on any atom is -0.343 e. The molecule has 7 nitrogen and oxygen atoms in total. The maximum absolute atomic E-state index is 14.9. The van der Waals surface area contributed by atoms with Crippen molar-refractivity contribution in [3.63, 3.8) is 0 Å². The van der Waals surface area contributed by atoms with Crippen LogP contribution in [-0.4, -0.2) is 35.8 Å². The first kappa shape index (κ1) is 21.8. The molecule has 1 fully saturated rings. The van der Waals surface area contributed by atoms with E-state index >= 15 is 0 Å². The number of sulfone groups is 1. The average Bonchev–Trinajstić information content (AvgIpc) is 2.92. The maximum atomic E-state index is 14.9. The van der Waals surface area contributed by atoms with Crippen LogP contribution < -0.4 is 5.32 Å². The summed E-state index contributed by atoms with van der Waals surface area (Å²) in [6.07, 6.45) is -3.17. The van der Waals surface area contributed by atoms with Crippen LogP contribution in [0.3, 0.4) is 0 Å². The van der Waals surface area contributed by atoms with Gasteiger partial charge in [0.15, 0.2) is 15.7 Å². The minimum atomic E-state index is -4.73. The Labute approximate surface area is 169 Å². The number of carbonyl (C=O) groups excluding carboxylic acids is 1. The molecule has 1 aliphatic carbocycles. The van der Waals surface area contributed by atoms with Crippen molar-refractivity contribution >= 4 is 21.4 Å². The highest BCUT2D eigenvalue weighted by molar-refractivity contribution is 7.91. The van der Waals surface area contributed by atoms with E-state index in [2.05, 4.69) is 10.3 Å². The highest BCUT2D eigenvalue weighted by Gasteiger charge is 2.60. The summed E-state index contributed by atoms with van der Waals surface area (Å²) in [5, 5.41) is 11.1. The molecule has 0 bridgehead atoms. The highest BCUT2D eigenvalue weighted by atomic mass is 32.2. The number of hydrogen-bond donors (Lipinski definition) is 1. The fourth-order valence-electron chi connectivity index (χ4n) is 3.36. The van der Waals surface area contributed by atoms with Crippen LogP contribution in [-0.2, 0) is 16.9 Å². The molecule has 1 aliphatic rings. The first-order valence-electron chi connectivity index (χ1n) is 8.72. The summed E-state index contributed by atoms with van der Waals surface area (Å²) >= 11 is 0. The van der Waals surface area contributed by atoms with Crippen molar-refractivity contribution in [2.45, 2.75) is 30.3 Å². The van der Waals surface area contributed by atoms with Crippen molar-refractivity contribution in [3.05, 3.63) is 41.7 Å². The number of aromatic nitrogens is 2. The number of amides is 1. The Kier molecular flexibility index (Phi) is 5.36. The first-order valence-corrected chi connectivity index (χ1v) is 10.4. The Hall–Kier alpha value is -2.94. The zero-order chi connectivity index (χ0) is 22.3. The second kappa shape index (κ2) is 7.39. The van der Waals surface area contributed by atoms with Crippen LogP contribution in [0.25, 0.3) is 0 Å². The van der Waals surface area contributed by atoms with E-state index in [0.29, 0.717) is 0 Å². The summed E-state index contributed by atoms with van der Waals surface area (Å²) in [6.45, 7) is 0. The third kappa shape index (κ3) is 3.77. The molecule has 12 heteroatoms. The molecule has 2 aromatic rings. The number of nitrogens with zero attached hydrogens (tertiary/aromatic N) is 3. The zero-order valence-corrected chi connectivity index (χ0v) is 16.4. The molecule has 0 aliphatic heterocycles. The molecule has 0 spiro atoms. The van der Waals surface area contributed by atoms with E-state index in [1.807, 2.05) is 0 Å². The van der Waals surface area contributed by atoms with E-state index < -0.39 is 49.5 Å². The smallest absolute Gasteiger partial charge is 0.343 e. The van der Waals surface area contributed by atoms with Gasteiger partial charge in [-0.2, -0.15) is 18.4 Å². The number of halogens is 4. The van der Waals surface area contributed by atoms with Gasteiger partial charge in [0.1, 0.15) is 22.4 Å². The number of rotatable bonds is 5. The van der Waals surface area contributed by atoms with Gasteiger partial charge in [-0.3, -0.25) is 4.79 Å². The standard InChI is InChI=1S/C18H16F4N4O3S/c1-26-9-13(30(28,29)10-17(4-2-5-17)18(20,21)22)14(19)15(26)16(27)25-11-3-6-24-12(7-11)8-23/h3,6-7,9H,2,4-5,10H2,1H3,(H,24,25,27). The fourth-order valence-corrected chi connectivity index (χ4v) is 5.38. The molecule has 0 radical (unpaired) electrons. The van der Waals surface area contributed by atoms with Gasteiger partial charge < -0.3 is 9.88 Å².